The van der Waals surface area contributed by atoms with Gasteiger partial charge in [-0.2, -0.15) is 5.10 Å². The molecule has 0 radical (unpaired) electrons. The van der Waals surface area contributed by atoms with Crippen molar-refractivity contribution in [3.63, 3.8) is 0 Å². The second kappa shape index (κ2) is 4.96. The molecule has 0 amide bonds. The molecule has 0 bridgehead atoms. The van der Waals surface area contributed by atoms with Crippen molar-refractivity contribution in [2.45, 2.75) is 6.42 Å². The lowest BCUT2D eigenvalue weighted by atomic mass is 10.2. The first-order chi connectivity index (χ1) is 8.15. The highest BCUT2D eigenvalue weighted by atomic mass is 32.1. The number of hydrogen-bond acceptors (Lipinski definition) is 5. The minimum Gasteiger partial charge on any atom is -0.477 e. The summed E-state index contributed by atoms with van der Waals surface area (Å²) in [6.45, 7) is 0.707. The van der Waals surface area contributed by atoms with Gasteiger partial charge in [0, 0.05) is 19.8 Å². The summed E-state index contributed by atoms with van der Waals surface area (Å²) < 4.78 is 1.75. The van der Waals surface area contributed by atoms with Gasteiger partial charge in [-0.05, 0) is 12.0 Å². The van der Waals surface area contributed by atoms with Gasteiger partial charge in [0.05, 0.1) is 12.4 Å². The number of aromatic nitrogens is 3. The fraction of sp³-hybridized carbons (Fsp3) is 0.300. The minimum atomic E-state index is -0.942. The van der Waals surface area contributed by atoms with E-state index in [1.807, 2.05) is 19.4 Å². The van der Waals surface area contributed by atoms with E-state index in [9.17, 15) is 4.79 Å². The van der Waals surface area contributed by atoms with Gasteiger partial charge in [-0.1, -0.05) is 11.3 Å². The van der Waals surface area contributed by atoms with Crippen molar-refractivity contribution < 1.29 is 9.90 Å². The summed E-state index contributed by atoms with van der Waals surface area (Å²) in [7, 11) is 1.87. The maximum absolute atomic E-state index is 10.6. The van der Waals surface area contributed by atoms with Crippen LogP contribution in [-0.4, -0.2) is 32.4 Å². The van der Waals surface area contributed by atoms with E-state index in [0.717, 1.165) is 23.3 Å². The minimum absolute atomic E-state index is 0.244. The molecule has 2 N–H and O–H groups in total. The smallest absolute Gasteiger partial charge is 0.347 e. The Hall–Kier alpha value is -1.89. The first-order valence-electron chi connectivity index (χ1n) is 5.05. The number of carbonyl (C=O) groups is 1. The molecule has 0 aromatic carbocycles. The van der Waals surface area contributed by atoms with Gasteiger partial charge >= 0.3 is 5.97 Å². The lowest BCUT2D eigenvalue weighted by Gasteiger charge is -1.99. The van der Waals surface area contributed by atoms with E-state index in [0.29, 0.717) is 11.7 Å². The molecule has 6 nitrogen and oxygen atoms in total. The van der Waals surface area contributed by atoms with E-state index in [1.54, 1.807) is 4.68 Å². The summed E-state index contributed by atoms with van der Waals surface area (Å²) in [5, 5.41) is 16.5. The number of aromatic carboxylic acids is 1. The van der Waals surface area contributed by atoms with Crippen LogP contribution in [0.2, 0.25) is 0 Å². The van der Waals surface area contributed by atoms with E-state index in [-0.39, 0.29) is 4.88 Å². The van der Waals surface area contributed by atoms with Gasteiger partial charge in [-0.25, -0.2) is 9.78 Å². The summed E-state index contributed by atoms with van der Waals surface area (Å²) in [5.41, 5.74) is 1.13. The van der Waals surface area contributed by atoms with Gasteiger partial charge in [0.25, 0.3) is 0 Å². The molecule has 0 atom stereocenters. The largest absolute Gasteiger partial charge is 0.477 e. The zero-order valence-electron chi connectivity index (χ0n) is 9.25. The molecule has 7 heteroatoms. The van der Waals surface area contributed by atoms with Crippen LogP contribution in [0.5, 0.6) is 0 Å². The van der Waals surface area contributed by atoms with Gasteiger partial charge < -0.3 is 10.4 Å². The fourth-order valence-electron chi connectivity index (χ4n) is 1.37. The van der Waals surface area contributed by atoms with Gasteiger partial charge in [-0.15, -0.1) is 0 Å². The SMILES string of the molecule is Cn1cc(CCNc2ncc(C(=O)O)s2)cn1. The maximum atomic E-state index is 10.6. The summed E-state index contributed by atoms with van der Waals surface area (Å²) in [5.74, 6) is -0.942. The number of carboxylic acids is 1. The molecule has 2 heterocycles. The Morgan fingerprint density at radius 2 is 2.41 bits per heavy atom. The quantitative estimate of drug-likeness (QED) is 0.836. The zero-order valence-corrected chi connectivity index (χ0v) is 10.1. The average molecular weight is 252 g/mol. The van der Waals surface area contributed by atoms with Crippen molar-refractivity contribution in [1.82, 2.24) is 14.8 Å². The Balaban J connectivity index is 1.83. The lowest BCUT2D eigenvalue weighted by Crippen LogP contribution is -2.03. The number of hydrogen-bond donors (Lipinski definition) is 2. The Morgan fingerprint density at radius 1 is 1.59 bits per heavy atom. The molecule has 0 saturated carbocycles. The number of thiazole rings is 1. The molecular formula is C10H12N4O2S. The Labute approximate surface area is 102 Å². The van der Waals surface area contributed by atoms with Crippen LogP contribution in [-0.2, 0) is 13.5 Å². The van der Waals surface area contributed by atoms with Crippen LogP contribution in [0.25, 0.3) is 0 Å². The van der Waals surface area contributed by atoms with Crippen LogP contribution in [0.15, 0.2) is 18.6 Å². The van der Waals surface area contributed by atoms with Crippen molar-refractivity contribution in [3.8, 4) is 0 Å². The normalized spacial score (nSPS) is 10.4. The standard InChI is InChI=1S/C10H12N4O2S/c1-14-6-7(4-13-14)2-3-11-10-12-5-8(17-10)9(15)16/h4-6H,2-3H2,1H3,(H,11,12)(H,15,16). The van der Waals surface area contributed by atoms with Crippen LogP contribution < -0.4 is 5.32 Å². The summed E-state index contributed by atoms with van der Waals surface area (Å²) in [4.78, 5) is 14.9. The molecule has 2 aromatic heterocycles. The molecule has 0 aliphatic rings. The third kappa shape index (κ3) is 3.04. The van der Waals surface area contributed by atoms with Crippen LogP contribution >= 0.6 is 11.3 Å². The van der Waals surface area contributed by atoms with Gasteiger partial charge in [0.15, 0.2) is 5.13 Å². The average Bonchev–Trinajstić information content (AvgIpc) is 2.88. The van der Waals surface area contributed by atoms with Crippen LogP contribution in [0, 0.1) is 0 Å². The highest BCUT2D eigenvalue weighted by molar-refractivity contribution is 7.17. The molecule has 0 fully saturated rings. The summed E-state index contributed by atoms with van der Waals surface area (Å²) in [6, 6.07) is 0. The number of nitrogens with one attached hydrogen (secondary N) is 1. The maximum Gasteiger partial charge on any atom is 0.347 e. The second-order valence-corrected chi connectivity index (χ2v) is 4.56. The Bertz CT molecular complexity index is 520. The summed E-state index contributed by atoms with van der Waals surface area (Å²) >= 11 is 1.14. The highest BCUT2D eigenvalue weighted by Gasteiger charge is 2.07. The molecule has 0 spiro atoms. The van der Waals surface area contributed by atoms with E-state index < -0.39 is 5.97 Å². The molecule has 0 saturated heterocycles. The lowest BCUT2D eigenvalue weighted by molar-refractivity contribution is 0.0702. The molecule has 0 aliphatic heterocycles. The predicted octanol–water partition coefficient (Wildman–Crippen LogP) is 1.23. The Morgan fingerprint density at radius 3 is 3.00 bits per heavy atom. The monoisotopic (exact) mass is 252 g/mol. The number of anilines is 1. The van der Waals surface area contributed by atoms with E-state index in [4.69, 9.17) is 5.11 Å². The number of carboxylic acid groups (broad SMARTS) is 1. The molecule has 0 aliphatic carbocycles. The first kappa shape index (κ1) is 11.6. The van der Waals surface area contributed by atoms with E-state index in [2.05, 4.69) is 15.4 Å². The second-order valence-electron chi connectivity index (χ2n) is 3.53. The molecule has 2 aromatic rings. The fourth-order valence-corrected chi connectivity index (χ4v) is 2.05. The van der Waals surface area contributed by atoms with Gasteiger partial charge in [0.2, 0.25) is 0 Å². The predicted molar refractivity (Wildman–Crippen MR) is 64.5 cm³/mol. The van der Waals surface area contributed by atoms with Crippen LogP contribution in [0.1, 0.15) is 15.2 Å². The molecule has 90 valence electrons. The van der Waals surface area contributed by atoms with Crippen LogP contribution in [0.4, 0.5) is 5.13 Å². The first-order valence-corrected chi connectivity index (χ1v) is 5.87. The zero-order chi connectivity index (χ0) is 12.3. The highest BCUT2D eigenvalue weighted by Crippen LogP contribution is 2.17. The third-order valence-electron chi connectivity index (χ3n) is 2.16. The van der Waals surface area contributed by atoms with Crippen LogP contribution in [0.3, 0.4) is 0 Å². The number of nitrogens with zero attached hydrogens (tertiary/aromatic N) is 3. The van der Waals surface area contributed by atoms with E-state index >= 15 is 0 Å². The van der Waals surface area contributed by atoms with Crippen molar-refractivity contribution in [2.75, 3.05) is 11.9 Å². The van der Waals surface area contributed by atoms with Gasteiger partial charge in [0.1, 0.15) is 4.88 Å². The molecule has 2 rings (SSSR count). The van der Waals surface area contributed by atoms with Crippen molar-refractivity contribution in [2.24, 2.45) is 7.05 Å². The molecular weight excluding hydrogens is 240 g/mol. The molecule has 0 unspecified atom stereocenters. The van der Waals surface area contributed by atoms with Gasteiger partial charge in [-0.3, -0.25) is 4.68 Å². The third-order valence-corrected chi connectivity index (χ3v) is 3.11. The Kier molecular flexibility index (Phi) is 3.38. The van der Waals surface area contributed by atoms with Crippen molar-refractivity contribution in [3.05, 3.63) is 29.0 Å². The summed E-state index contributed by atoms with van der Waals surface area (Å²) in [6.07, 6.45) is 5.95. The number of rotatable bonds is 5. The van der Waals surface area contributed by atoms with E-state index in [1.165, 1.54) is 6.20 Å². The van der Waals surface area contributed by atoms with Crippen molar-refractivity contribution >= 4 is 22.4 Å². The molecule has 17 heavy (non-hydrogen) atoms. The topological polar surface area (TPSA) is 80.0 Å². The van der Waals surface area contributed by atoms with Crippen molar-refractivity contribution in [1.29, 1.82) is 0 Å². The number of aryl methyl sites for hydroxylation is 1.